The summed E-state index contributed by atoms with van der Waals surface area (Å²) in [7, 11) is 0. The zero-order valence-corrected chi connectivity index (χ0v) is 18.4. The van der Waals surface area contributed by atoms with E-state index in [4.69, 9.17) is 9.15 Å². The second-order valence-electron chi connectivity index (χ2n) is 8.71. The molecule has 2 nitrogen and oxygen atoms in total. The molecular formula is C32H21O2+. The van der Waals surface area contributed by atoms with Gasteiger partial charge in [0.1, 0.15) is 11.5 Å². The molecule has 0 unspecified atom stereocenters. The van der Waals surface area contributed by atoms with Gasteiger partial charge in [0.25, 0.3) is 0 Å². The molecule has 2 heterocycles. The van der Waals surface area contributed by atoms with Crippen molar-refractivity contribution in [2.45, 2.75) is 5.92 Å². The van der Waals surface area contributed by atoms with Crippen LogP contribution in [0.3, 0.4) is 0 Å². The Labute approximate surface area is 197 Å². The highest BCUT2D eigenvalue weighted by Crippen LogP contribution is 2.48. The van der Waals surface area contributed by atoms with E-state index >= 15 is 0 Å². The van der Waals surface area contributed by atoms with Gasteiger partial charge in [-0.05, 0) is 35.4 Å². The van der Waals surface area contributed by atoms with E-state index in [-0.39, 0.29) is 5.92 Å². The van der Waals surface area contributed by atoms with Gasteiger partial charge in [0.15, 0.2) is 0 Å². The highest BCUT2D eigenvalue weighted by atomic mass is 16.5. The Balaban J connectivity index is 1.49. The lowest BCUT2D eigenvalue weighted by molar-refractivity contribution is 0.453. The van der Waals surface area contributed by atoms with Crippen molar-refractivity contribution >= 4 is 21.9 Å². The lowest BCUT2D eigenvalue weighted by Gasteiger charge is -2.28. The first kappa shape index (κ1) is 19.1. The number of benzene rings is 5. The van der Waals surface area contributed by atoms with Crippen LogP contribution in [0.4, 0.5) is 0 Å². The van der Waals surface area contributed by atoms with Crippen molar-refractivity contribution in [1.82, 2.24) is 0 Å². The fourth-order valence-corrected chi connectivity index (χ4v) is 5.24. The standard InChI is InChI=1S/C32H21O2/c1-5-16-27-23(12-1)31(24-13-2-6-17-28(24)33-27)21-10-9-11-22(20-21)32-25-14-3-7-18-29(25)34-30-19-8-4-15-26(30)32/h1-20,31H/q+1. The van der Waals surface area contributed by atoms with Gasteiger partial charge in [-0.1, -0.05) is 84.9 Å². The summed E-state index contributed by atoms with van der Waals surface area (Å²) in [6, 6.07) is 42.2. The third kappa shape index (κ3) is 2.93. The molecule has 0 amide bonds. The lowest BCUT2D eigenvalue weighted by atomic mass is 9.81. The van der Waals surface area contributed by atoms with Crippen LogP contribution in [0.5, 0.6) is 11.5 Å². The van der Waals surface area contributed by atoms with E-state index in [0.717, 1.165) is 33.4 Å². The van der Waals surface area contributed by atoms with Crippen molar-refractivity contribution < 1.29 is 9.15 Å². The zero-order valence-electron chi connectivity index (χ0n) is 18.4. The molecule has 0 N–H and O–H groups in total. The van der Waals surface area contributed by atoms with Gasteiger partial charge in [-0.2, -0.15) is 0 Å². The van der Waals surface area contributed by atoms with Gasteiger partial charge < -0.3 is 4.74 Å². The highest BCUT2D eigenvalue weighted by molar-refractivity contribution is 6.07. The summed E-state index contributed by atoms with van der Waals surface area (Å²) in [4.78, 5) is 0. The molecule has 0 aliphatic carbocycles. The topological polar surface area (TPSA) is 20.5 Å². The molecule has 0 atom stereocenters. The number of rotatable bonds is 2. The maximum Gasteiger partial charge on any atom is 0.361 e. The number of hydrogen-bond donors (Lipinski definition) is 0. The fraction of sp³-hybridized carbons (Fsp3) is 0.0312. The third-order valence-electron chi connectivity index (χ3n) is 6.72. The minimum absolute atomic E-state index is 0.104. The van der Waals surface area contributed by atoms with Crippen LogP contribution in [0.1, 0.15) is 22.6 Å². The molecular weight excluding hydrogens is 416 g/mol. The van der Waals surface area contributed by atoms with Crippen molar-refractivity contribution in [1.29, 1.82) is 0 Å². The smallest absolute Gasteiger partial charge is 0.361 e. The monoisotopic (exact) mass is 437 g/mol. The molecule has 1 aliphatic heterocycles. The molecule has 0 spiro atoms. The number of fused-ring (bicyclic) bond motifs is 4. The minimum Gasteiger partial charge on any atom is -0.457 e. The Morgan fingerprint density at radius 1 is 0.529 bits per heavy atom. The Kier molecular flexibility index (Phi) is 4.25. The van der Waals surface area contributed by atoms with E-state index in [1.165, 1.54) is 27.8 Å². The largest absolute Gasteiger partial charge is 0.457 e. The van der Waals surface area contributed by atoms with Gasteiger partial charge in [0, 0.05) is 34.7 Å². The van der Waals surface area contributed by atoms with Gasteiger partial charge in [-0.25, -0.2) is 4.42 Å². The van der Waals surface area contributed by atoms with E-state index in [1.54, 1.807) is 0 Å². The molecule has 34 heavy (non-hydrogen) atoms. The Hall–Kier alpha value is -4.43. The summed E-state index contributed by atoms with van der Waals surface area (Å²) in [5.41, 5.74) is 7.80. The predicted molar refractivity (Wildman–Crippen MR) is 137 cm³/mol. The number of para-hydroxylation sites is 4. The van der Waals surface area contributed by atoms with Gasteiger partial charge in [-0.3, -0.25) is 0 Å². The second kappa shape index (κ2) is 7.57. The van der Waals surface area contributed by atoms with Crippen LogP contribution in [-0.4, -0.2) is 0 Å². The molecule has 0 bridgehead atoms. The molecule has 5 aromatic carbocycles. The quantitative estimate of drug-likeness (QED) is 0.199. The van der Waals surface area contributed by atoms with Crippen molar-refractivity contribution in [3.8, 4) is 22.6 Å². The molecule has 1 aromatic heterocycles. The van der Waals surface area contributed by atoms with Gasteiger partial charge in [0.05, 0.1) is 10.8 Å². The van der Waals surface area contributed by atoms with E-state index < -0.39 is 0 Å². The molecule has 0 fully saturated rings. The van der Waals surface area contributed by atoms with Crippen molar-refractivity contribution in [3.05, 3.63) is 138 Å². The van der Waals surface area contributed by atoms with E-state index in [1.807, 2.05) is 36.4 Å². The zero-order chi connectivity index (χ0) is 22.5. The molecule has 0 saturated heterocycles. The predicted octanol–water partition coefficient (Wildman–Crippen LogP) is 8.82. The minimum atomic E-state index is 0.104. The Morgan fingerprint density at radius 2 is 1.09 bits per heavy atom. The normalized spacial score (nSPS) is 12.8. The molecule has 6 aromatic rings. The average molecular weight is 438 g/mol. The number of hydrogen-bond acceptors (Lipinski definition) is 1. The van der Waals surface area contributed by atoms with Gasteiger partial charge >= 0.3 is 11.2 Å². The maximum absolute atomic E-state index is 6.25. The van der Waals surface area contributed by atoms with E-state index in [2.05, 4.69) is 84.9 Å². The van der Waals surface area contributed by atoms with E-state index in [9.17, 15) is 0 Å². The van der Waals surface area contributed by atoms with Crippen LogP contribution in [0.15, 0.2) is 126 Å². The lowest BCUT2D eigenvalue weighted by Crippen LogP contribution is -2.11. The maximum atomic E-state index is 6.25. The molecule has 7 rings (SSSR count). The van der Waals surface area contributed by atoms with Crippen molar-refractivity contribution in [3.63, 3.8) is 0 Å². The summed E-state index contributed by atoms with van der Waals surface area (Å²) >= 11 is 0. The van der Waals surface area contributed by atoms with Crippen molar-refractivity contribution in [2.24, 2.45) is 0 Å². The molecule has 2 heteroatoms. The first-order chi connectivity index (χ1) is 16.9. The molecule has 160 valence electrons. The summed E-state index contributed by atoms with van der Waals surface area (Å²) in [6.45, 7) is 0. The van der Waals surface area contributed by atoms with Gasteiger partial charge in [-0.15, -0.1) is 0 Å². The molecule has 1 aliphatic rings. The third-order valence-corrected chi connectivity index (χ3v) is 6.72. The van der Waals surface area contributed by atoms with Gasteiger partial charge in [0.2, 0.25) is 0 Å². The first-order valence-electron chi connectivity index (χ1n) is 11.6. The summed E-state index contributed by atoms with van der Waals surface area (Å²) in [6.07, 6.45) is 0. The first-order valence-corrected chi connectivity index (χ1v) is 11.6. The van der Waals surface area contributed by atoms with Crippen LogP contribution < -0.4 is 4.74 Å². The van der Waals surface area contributed by atoms with Crippen LogP contribution in [0, 0.1) is 0 Å². The average Bonchev–Trinajstić information content (AvgIpc) is 2.90. The van der Waals surface area contributed by atoms with Crippen LogP contribution in [0.2, 0.25) is 0 Å². The Bertz CT molecular complexity index is 1600. The number of ether oxygens (including phenoxy) is 1. The Morgan fingerprint density at radius 3 is 1.74 bits per heavy atom. The molecule has 0 radical (unpaired) electrons. The second-order valence-corrected chi connectivity index (χ2v) is 8.71. The van der Waals surface area contributed by atoms with Crippen LogP contribution >= 0.6 is 0 Å². The summed E-state index contributed by atoms with van der Waals surface area (Å²) in [5.74, 6) is 1.95. The summed E-state index contributed by atoms with van der Waals surface area (Å²) < 4.78 is 12.5. The SMILES string of the molecule is c1cc(-c2c3ccccc3[o+]c3ccccc23)cc(C2c3ccccc3Oc3ccccc32)c1. The highest BCUT2D eigenvalue weighted by Gasteiger charge is 2.29. The molecule has 0 saturated carbocycles. The summed E-state index contributed by atoms with van der Waals surface area (Å²) in [5, 5.41) is 2.23. The van der Waals surface area contributed by atoms with E-state index in [0.29, 0.717) is 0 Å². The fourth-order valence-electron chi connectivity index (χ4n) is 5.24. The van der Waals surface area contributed by atoms with Crippen LogP contribution in [0.25, 0.3) is 33.1 Å². The van der Waals surface area contributed by atoms with Crippen LogP contribution in [-0.2, 0) is 0 Å². The van der Waals surface area contributed by atoms with Crippen molar-refractivity contribution in [2.75, 3.05) is 0 Å².